The van der Waals surface area contributed by atoms with Crippen molar-refractivity contribution in [3.63, 3.8) is 0 Å². The molecular weight excluding hydrogens is 403 g/mol. The number of para-hydroxylation sites is 1. The summed E-state index contributed by atoms with van der Waals surface area (Å²) < 4.78 is 1.06. The Kier molecular flexibility index (Phi) is 6.15. The van der Waals surface area contributed by atoms with Crippen LogP contribution in [0.3, 0.4) is 0 Å². The zero-order chi connectivity index (χ0) is 16.8. The van der Waals surface area contributed by atoms with Crippen LogP contribution >= 0.6 is 22.6 Å². The van der Waals surface area contributed by atoms with Crippen LogP contribution in [0.15, 0.2) is 48.5 Å². The number of amides is 2. The van der Waals surface area contributed by atoms with E-state index >= 15 is 0 Å². The molecule has 5 heteroatoms. The van der Waals surface area contributed by atoms with E-state index in [4.69, 9.17) is 0 Å². The molecule has 4 nitrogen and oxygen atoms in total. The second-order valence-electron chi connectivity index (χ2n) is 5.31. The van der Waals surface area contributed by atoms with Gasteiger partial charge in [-0.05, 0) is 70.8 Å². The minimum absolute atomic E-state index is 0.311. The van der Waals surface area contributed by atoms with E-state index in [9.17, 15) is 9.59 Å². The molecule has 1 atom stereocenters. The molecule has 0 saturated heterocycles. The van der Waals surface area contributed by atoms with E-state index in [1.807, 2.05) is 36.4 Å². The zero-order valence-electron chi connectivity index (χ0n) is 13.1. The topological polar surface area (TPSA) is 58.2 Å². The van der Waals surface area contributed by atoms with Crippen molar-refractivity contribution in [1.82, 2.24) is 0 Å². The third-order valence-corrected chi connectivity index (χ3v) is 4.38. The Morgan fingerprint density at radius 3 is 2.26 bits per heavy atom. The molecule has 120 valence electrons. The van der Waals surface area contributed by atoms with Crippen molar-refractivity contribution >= 4 is 45.8 Å². The molecule has 0 radical (unpaired) electrons. The molecule has 2 aromatic rings. The molecule has 2 aromatic carbocycles. The standard InChI is InChI=1S/C18H19IN2O2/c1-3-12(2)15-6-4-5-7-16(15)21-18(23)17(22)20-14-10-8-13(19)9-11-14/h4-12H,3H2,1-2H3,(H,20,22)(H,21,23). The highest BCUT2D eigenvalue weighted by atomic mass is 127. The molecule has 0 aliphatic heterocycles. The normalized spacial score (nSPS) is 11.6. The molecule has 0 bridgehead atoms. The predicted octanol–water partition coefficient (Wildman–Crippen LogP) is 4.38. The molecule has 0 saturated carbocycles. The first-order chi connectivity index (χ1) is 11.0. The van der Waals surface area contributed by atoms with Crippen LogP contribution in [0.25, 0.3) is 0 Å². The lowest BCUT2D eigenvalue weighted by Crippen LogP contribution is -2.29. The first-order valence-electron chi connectivity index (χ1n) is 7.48. The van der Waals surface area contributed by atoms with Crippen molar-refractivity contribution < 1.29 is 9.59 Å². The third-order valence-electron chi connectivity index (χ3n) is 3.66. The third kappa shape index (κ3) is 4.79. The second kappa shape index (κ2) is 8.10. The Morgan fingerprint density at radius 2 is 1.61 bits per heavy atom. The fourth-order valence-corrected chi connectivity index (χ4v) is 2.52. The van der Waals surface area contributed by atoms with Crippen molar-refractivity contribution in [2.24, 2.45) is 0 Å². The van der Waals surface area contributed by atoms with Gasteiger partial charge < -0.3 is 10.6 Å². The van der Waals surface area contributed by atoms with Crippen LogP contribution in [-0.4, -0.2) is 11.8 Å². The molecule has 2 N–H and O–H groups in total. The summed E-state index contributed by atoms with van der Waals surface area (Å²) in [5, 5.41) is 5.30. The maximum absolute atomic E-state index is 12.1. The number of carbonyl (C=O) groups excluding carboxylic acids is 2. The predicted molar refractivity (Wildman–Crippen MR) is 102 cm³/mol. The smallest absolute Gasteiger partial charge is 0.314 e. The molecule has 0 spiro atoms. The van der Waals surface area contributed by atoms with Gasteiger partial charge in [0.15, 0.2) is 0 Å². The van der Waals surface area contributed by atoms with Crippen molar-refractivity contribution in [2.75, 3.05) is 10.6 Å². The Morgan fingerprint density at radius 1 is 1.00 bits per heavy atom. The quantitative estimate of drug-likeness (QED) is 0.568. The highest BCUT2D eigenvalue weighted by molar-refractivity contribution is 14.1. The van der Waals surface area contributed by atoms with Crippen LogP contribution in [0.1, 0.15) is 31.7 Å². The van der Waals surface area contributed by atoms with E-state index in [-0.39, 0.29) is 0 Å². The molecule has 0 aromatic heterocycles. The van der Waals surface area contributed by atoms with Gasteiger partial charge in [-0.25, -0.2) is 0 Å². The van der Waals surface area contributed by atoms with Crippen LogP contribution in [0.2, 0.25) is 0 Å². The molecule has 23 heavy (non-hydrogen) atoms. The Balaban J connectivity index is 2.07. The van der Waals surface area contributed by atoms with Crippen molar-refractivity contribution in [1.29, 1.82) is 0 Å². The molecule has 0 aliphatic rings. The minimum atomic E-state index is -0.676. The van der Waals surface area contributed by atoms with Gasteiger partial charge in [-0.1, -0.05) is 32.0 Å². The van der Waals surface area contributed by atoms with Crippen LogP contribution in [0.5, 0.6) is 0 Å². The van der Waals surface area contributed by atoms with Crippen molar-refractivity contribution in [3.8, 4) is 0 Å². The van der Waals surface area contributed by atoms with Crippen LogP contribution < -0.4 is 10.6 Å². The Hall–Kier alpha value is -1.89. The molecule has 0 heterocycles. The van der Waals surface area contributed by atoms with Gasteiger partial charge in [0.25, 0.3) is 0 Å². The fraction of sp³-hybridized carbons (Fsp3) is 0.222. The lowest BCUT2D eigenvalue weighted by molar-refractivity contribution is -0.133. The Labute approximate surface area is 149 Å². The number of halogens is 1. The summed E-state index contributed by atoms with van der Waals surface area (Å²) in [6.45, 7) is 4.18. The molecule has 0 aliphatic carbocycles. The fourth-order valence-electron chi connectivity index (χ4n) is 2.16. The van der Waals surface area contributed by atoms with E-state index in [1.54, 1.807) is 12.1 Å². The van der Waals surface area contributed by atoms with Crippen LogP contribution in [0.4, 0.5) is 11.4 Å². The summed E-state index contributed by atoms with van der Waals surface area (Å²) in [7, 11) is 0. The summed E-state index contributed by atoms with van der Waals surface area (Å²) >= 11 is 2.18. The monoisotopic (exact) mass is 422 g/mol. The van der Waals surface area contributed by atoms with Gasteiger partial charge in [-0.2, -0.15) is 0 Å². The zero-order valence-corrected chi connectivity index (χ0v) is 15.3. The average molecular weight is 422 g/mol. The van der Waals surface area contributed by atoms with Crippen molar-refractivity contribution in [2.45, 2.75) is 26.2 Å². The van der Waals surface area contributed by atoms with Gasteiger partial charge in [0, 0.05) is 14.9 Å². The average Bonchev–Trinajstić information content (AvgIpc) is 2.56. The van der Waals surface area contributed by atoms with E-state index in [0.29, 0.717) is 17.3 Å². The lowest BCUT2D eigenvalue weighted by Gasteiger charge is -2.15. The molecule has 1 unspecified atom stereocenters. The molecule has 2 rings (SSSR count). The van der Waals surface area contributed by atoms with Crippen molar-refractivity contribution in [3.05, 3.63) is 57.7 Å². The van der Waals surface area contributed by atoms with Gasteiger partial charge in [0.05, 0.1) is 0 Å². The minimum Gasteiger partial charge on any atom is -0.318 e. The van der Waals surface area contributed by atoms with E-state index < -0.39 is 11.8 Å². The first kappa shape index (κ1) is 17.5. The summed E-state index contributed by atoms with van der Waals surface area (Å²) in [5.74, 6) is -1.03. The number of benzene rings is 2. The largest absolute Gasteiger partial charge is 0.318 e. The Bertz CT molecular complexity index is 698. The number of rotatable bonds is 4. The number of nitrogens with one attached hydrogen (secondary N) is 2. The SMILES string of the molecule is CCC(C)c1ccccc1NC(=O)C(=O)Nc1ccc(I)cc1. The second-order valence-corrected chi connectivity index (χ2v) is 6.56. The summed E-state index contributed by atoms with van der Waals surface area (Å²) in [4.78, 5) is 24.1. The van der Waals surface area contributed by atoms with Gasteiger partial charge in [0.2, 0.25) is 0 Å². The van der Waals surface area contributed by atoms with Gasteiger partial charge in [0.1, 0.15) is 0 Å². The maximum atomic E-state index is 12.1. The van der Waals surface area contributed by atoms with Gasteiger partial charge >= 0.3 is 11.8 Å². The number of hydrogen-bond acceptors (Lipinski definition) is 2. The van der Waals surface area contributed by atoms with Gasteiger partial charge in [-0.15, -0.1) is 0 Å². The maximum Gasteiger partial charge on any atom is 0.314 e. The molecule has 0 fully saturated rings. The van der Waals surface area contributed by atoms with Crippen LogP contribution in [0, 0.1) is 3.57 Å². The summed E-state index contributed by atoms with van der Waals surface area (Å²) in [6, 6.07) is 14.8. The summed E-state index contributed by atoms with van der Waals surface area (Å²) in [5.41, 5.74) is 2.32. The highest BCUT2D eigenvalue weighted by Gasteiger charge is 2.17. The number of carbonyl (C=O) groups is 2. The lowest BCUT2D eigenvalue weighted by atomic mass is 9.97. The molecule has 2 amide bonds. The highest BCUT2D eigenvalue weighted by Crippen LogP contribution is 2.26. The first-order valence-corrected chi connectivity index (χ1v) is 8.56. The molecular formula is C18H19IN2O2. The number of hydrogen-bond donors (Lipinski definition) is 2. The van der Waals surface area contributed by atoms with E-state index in [0.717, 1.165) is 15.6 Å². The van der Waals surface area contributed by atoms with Crippen LogP contribution in [-0.2, 0) is 9.59 Å². The van der Waals surface area contributed by atoms with Gasteiger partial charge in [-0.3, -0.25) is 9.59 Å². The van der Waals surface area contributed by atoms with E-state index in [1.165, 1.54) is 0 Å². The number of anilines is 2. The van der Waals surface area contributed by atoms with E-state index in [2.05, 4.69) is 47.1 Å². The summed E-state index contributed by atoms with van der Waals surface area (Å²) in [6.07, 6.45) is 0.960.